The molecule has 0 saturated heterocycles. The summed E-state index contributed by atoms with van der Waals surface area (Å²) in [5.74, 6) is 0.621. The number of rotatable bonds is 1. The lowest BCUT2D eigenvalue weighted by Gasteiger charge is -2.12. The van der Waals surface area contributed by atoms with Gasteiger partial charge in [-0.15, -0.1) is 13.2 Å². The van der Waals surface area contributed by atoms with Crippen LogP contribution >= 0.6 is 0 Å². The average Bonchev–Trinajstić information content (AvgIpc) is 2.54. The van der Waals surface area contributed by atoms with Crippen molar-refractivity contribution in [3.63, 3.8) is 0 Å². The Kier molecular flexibility index (Phi) is 3.12. The minimum Gasteiger partial charge on any atom is -0.461 e. The van der Waals surface area contributed by atoms with Crippen LogP contribution in [0.15, 0.2) is 22.6 Å². The molecule has 0 saturated carbocycles. The number of halogens is 3. The molecule has 20 heavy (non-hydrogen) atoms. The highest BCUT2D eigenvalue weighted by Crippen LogP contribution is 2.33. The van der Waals surface area contributed by atoms with Crippen molar-refractivity contribution in [1.29, 1.82) is 0 Å². The van der Waals surface area contributed by atoms with Crippen molar-refractivity contribution in [2.24, 2.45) is 0 Å². The van der Waals surface area contributed by atoms with Gasteiger partial charge in [-0.2, -0.15) is 0 Å². The van der Waals surface area contributed by atoms with Crippen LogP contribution in [-0.2, 0) is 13.0 Å². The highest BCUT2D eigenvalue weighted by molar-refractivity contribution is 5.83. The van der Waals surface area contributed by atoms with E-state index in [0.717, 1.165) is 42.6 Å². The molecule has 1 aliphatic heterocycles. The van der Waals surface area contributed by atoms with Crippen LogP contribution in [0.3, 0.4) is 0 Å². The number of hydrogen-bond donors (Lipinski definition) is 0. The van der Waals surface area contributed by atoms with Crippen molar-refractivity contribution in [2.75, 3.05) is 13.6 Å². The Hall–Kier alpha value is -1.69. The summed E-state index contributed by atoms with van der Waals surface area (Å²) in [5, 5.41) is 0.864. The van der Waals surface area contributed by atoms with Gasteiger partial charge in [-0.1, -0.05) is 0 Å². The number of benzene rings is 1. The summed E-state index contributed by atoms with van der Waals surface area (Å²) in [6, 6.07) is 4.27. The molecule has 0 spiro atoms. The maximum atomic E-state index is 12.2. The normalized spacial score (nSPS) is 17.0. The van der Waals surface area contributed by atoms with E-state index in [4.69, 9.17) is 4.42 Å². The van der Waals surface area contributed by atoms with E-state index in [0.29, 0.717) is 5.58 Å². The molecule has 0 bridgehead atoms. The molecule has 1 aromatic carbocycles. The third-order valence-corrected chi connectivity index (χ3v) is 3.45. The Morgan fingerprint density at radius 1 is 1.30 bits per heavy atom. The molecule has 0 unspecified atom stereocenters. The predicted molar refractivity (Wildman–Crippen MR) is 67.6 cm³/mol. The van der Waals surface area contributed by atoms with Crippen LogP contribution < -0.4 is 4.74 Å². The zero-order chi connectivity index (χ0) is 14.3. The van der Waals surface area contributed by atoms with Crippen LogP contribution in [-0.4, -0.2) is 24.9 Å². The second-order valence-electron chi connectivity index (χ2n) is 5.05. The molecule has 0 N–H and O–H groups in total. The van der Waals surface area contributed by atoms with E-state index >= 15 is 0 Å². The number of hydrogen-bond acceptors (Lipinski definition) is 3. The zero-order valence-electron chi connectivity index (χ0n) is 11.0. The number of ether oxygens (including phenoxy) is 1. The molecule has 108 valence electrons. The molecule has 0 aliphatic carbocycles. The largest absolute Gasteiger partial charge is 0.573 e. The van der Waals surface area contributed by atoms with E-state index in [-0.39, 0.29) is 5.75 Å². The Morgan fingerprint density at radius 3 is 2.85 bits per heavy atom. The zero-order valence-corrected chi connectivity index (χ0v) is 11.0. The van der Waals surface area contributed by atoms with Crippen LogP contribution in [0, 0.1) is 0 Å². The lowest BCUT2D eigenvalue weighted by Crippen LogP contribution is -2.17. The molecule has 0 amide bonds. The van der Waals surface area contributed by atoms with Crippen molar-refractivity contribution in [3.05, 3.63) is 29.5 Å². The Morgan fingerprint density at radius 2 is 2.10 bits per heavy atom. The van der Waals surface area contributed by atoms with Crippen LogP contribution in [0.1, 0.15) is 17.7 Å². The third-order valence-electron chi connectivity index (χ3n) is 3.45. The molecule has 2 aromatic rings. The summed E-state index contributed by atoms with van der Waals surface area (Å²) in [4.78, 5) is 2.18. The smallest absolute Gasteiger partial charge is 0.461 e. The molecule has 3 nitrogen and oxygen atoms in total. The number of nitrogens with zero attached hydrogens (tertiary/aromatic N) is 1. The van der Waals surface area contributed by atoms with Gasteiger partial charge in [-0.05, 0) is 32.1 Å². The molecule has 1 aromatic heterocycles. The van der Waals surface area contributed by atoms with Crippen molar-refractivity contribution in [2.45, 2.75) is 25.7 Å². The number of aryl methyl sites for hydroxylation is 1. The monoisotopic (exact) mass is 285 g/mol. The fourth-order valence-corrected chi connectivity index (χ4v) is 2.61. The number of furan rings is 1. The first-order valence-corrected chi connectivity index (χ1v) is 6.41. The Labute approximate surface area is 113 Å². The van der Waals surface area contributed by atoms with E-state index in [1.165, 1.54) is 12.1 Å². The van der Waals surface area contributed by atoms with Crippen LogP contribution in [0.2, 0.25) is 0 Å². The van der Waals surface area contributed by atoms with Gasteiger partial charge in [0.05, 0.1) is 0 Å². The summed E-state index contributed by atoms with van der Waals surface area (Å²) in [7, 11) is 2.02. The fourth-order valence-electron chi connectivity index (χ4n) is 2.61. The van der Waals surface area contributed by atoms with Gasteiger partial charge in [0, 0.05) is 30.0 Å². The maximum Gasteiger partial charge on any atom is 0.573 e. The Balaban J connectivity index is 2.01. The summed E-state index contributed by atoms with van der Waals surface area (Å²) >= 11 is 0. The van der Waals surface area contributed by atoms with E-state index in [2.05, 4.69) is 9.64 Å². The van der Waals surface area contributed by atoms with Gasteiger partial charge in [0.25, 0.3) is 0 Å². The highest BCUT2D eigenvalue weighted by Gasteiger charge is 2.31. The van der Waals surface area contributed by atoms with Gasteiger partial charge in [0.1, 0.15) is 17.1 Å². The SMILES string of the molecule is CN1CCCc2oc3cc(OC(F)(F)F)ccc3c2C1. The first kappa shape index (κ1) is 13.3. The van der Waals surface area contributed by atoms with Crippen LogP contribution in [0.5, 0.6) is 5.75 Å². The van der Waals surface area contributed by atoms with E-state index in [1.807, 2.05) is 7.05 Å². The summed E-state index contributed by atoms with van der Waals surface area (Å²) < 4.78 is 46.3. The first-order valence-electron chi connectivity index (χ1n) is 6.41. The predicted octanol–water partition coefficient (Wildman–Crippen LogP) is 3.71. The first-order chi connectivity index (χ1) is 9.42. The molecule has 0 fully saturated rings. The van der Waals surface area contributed by atoms with Crippen molar-refractivity contribution in [3.8, 4) is 5.75 Å². The molecule has 6 heteroatoms. The van der Waals surface area contributed by atoms with Gasteiger partial charge >= 0.3 is 6.36 Å². The van der Waals surface area contributed by atoms with Gasteiger partial charge < -0.3 is 14.1 Å². The van der Waals surface area contributed by atoms with Gasteiger partial charge in [0.15, 0.2) is 0 Å². The topological polar surface area (TPSA) is 25.6 Å². The van der Waals surface area contributed by atoms with Crippen molar-refractivity contribution in [1.82, 2.24) is 4.90 Å². The maximum absolute atomic E-state index is 12.2. The van der Waals surface area contributed by atoms with Gasteiger partial charge in [0.2, 0.25) is 0 Å². The molecule has 3 rings (SSSR count). The fraction of sp³-hybridized carbons (Fsp3) is 0.429. The van der Waals surface area contributed by atoms with Crippen molar-refractivity contribution < 1.29 is 22.3 Å². The molecule has 0 atom stereocenters. The quantitative estimate of drug-likeness (QED) is 0.798. The number of fused-ring (bicyclic) bond motifs is 3. The van der Waals surface area contributed by atoms with Crippen molar-refractivity contribution >= 4 is 11.0 Å². The minimum absolute atomic E-state index is 0.248. The number of alkyl halides is 3. The minimum atomic E-state index is -4.68. The lowest BCUT2D eigenvalue weighted by molar-refractivity contribution is -0.274. The van der Waals surface area contributed by atoms with Crippen LogP contribution in [0.25, 0.3) is 11.0 Å². The Bertz CT molecular complexity index is 633. The van der Waals surface area contributed by atoms with E-state index in [9.17, 15) is 13.2 Å². The molecular formula is C14H14F3NO2. The summed E-state index contributed by atoms with van der Waals surface area (Å²) in [6.07, 6.45) is -2.89. The molecule has 2 heterocycles. The van der Waals surface area contributed by atoms with Crippen LogP contribution in [0.4, 0.5) is 13.2 Å². The highest BCUT2D eigenvalue weighted by atomic mass is 19.4. The second kappa shape index (κ2) is 4.70. The van der Waals surface area contributed by atoms with E-state index in [1.54, 1.807) is 6.07 Å². The second-order valence-corrected chi connectivity index (χ2v) is 5.05. The molecule has 1 aliphatic rings. The third kappa shape index (κ3) is 2.60. The lowest BCUT2D eigenvalue weighted by atomic mass is 10.1. The average molecular weight is 285 g/mol. The summed E-state index contributed by atoms with van der Waals surface area (Å²) in [6.45, 7) is 1.74. The standard InChI is InChI=1S/C14H14F3NO2/c1-18-6-2-3-12-11(8-18)10-5-4-9(7-13(10)19-12)20-14(15,16)17/h4-5,7H,2-3,6,8H2,1H3. The van der Waals surface area contributed by atoms with Gasteiger partial charge in [-0.3, -0.25) is 0 Å². The van der Waals surface area contributed by atoms with Gasteiger partial charge in [-0.25, -0.2) is 0 Å². The van der Waals surface area contributed by atoms with E-state index < -0.39 is 6.36 Å². The molecule has 0 radical (unpaired) electrons. The summed E-state index contributed by atoms with van der Waals surface area (Å²) in [5.41, 5.74) is 1.52. The molecular weight excluding hydrogens is 271 g/mol.